The molecule has 0 spiro atoms. The number of nitrogens with one attached hydrogen (secondary N) is 2. The van der Waals surface area contributed by atoms with Crippen LogP contribution in [0.3, 0.4) is 0 Å². The predicted octanol–water partition coefficient (Wildman–Crippen LogP) is 2.44. The molecule has 1 aliphatic heterocycles. The molecule has 1 aromatic carbocycles. The van der Waals surface area contributed by atoms with Crippen LogP contribution in [-0.2, 0) is 10.3 Å². The van der Waals surface area contributed by atoms with Crippen LogP contribution in [0, 0.1) is 0 Å². The second-order valence-electron chi connectivity index (χ2n) is 6.50. The largest absolute Gasteiger partial charge is 0.348 e. The molecule has 1 aliphatic rings. The molecular weight excluding hydrogens is 298 g/mol. The molecular formula is C20H29N3O. The maximum atomic E-state index is 11.3. The van der Waals surface area contributed by atoms with Crippen molar-refractivity contribution in [1.29, 1.82) is 0 Å². The Labute approximate surface area is 145 Å². The number of allylic oxidation sites excluding steroid dienone is 3. The van der Waals surface area contributed by atoms with Gasteiger partial charge in [0.25, 0.3) is 0 Å². The molecule has 0 bridgehead atoms. The van der Waals surface area contributed by atoms with Gasteiger partial charge in [-0.2, -0.15) is 0 Å². The van der Waals surface area contributed by atoms with Crippen LogP contribution >= 0.6 is 0 Å². The normalized spacial score (nSPS) is 21.3. The molecule has 24 heavy (non-hydrogen) atoms. The van der Waals surface area contributed by atoms with Gasteiger partial charge in [0.15, 0.2) is 0 Å². The zero-order valence-electron chi connectivity index (χ0n) is 14.7. The Hall–Kier alpha value is -1.91. The molecule has 2 atom stereocenters. The Morgan fingerprint density at radius 2 is 2.08 bits per heavy atom. The first kappa shape index (κ1) is 18.4. The van der Waals surface area contributed by atoms with Crippen LogP contribution in [0.5, 0.6) is 0 Å². The molecule has 130 valence electrons. The lowest BCUT2D eigenvalue weighted by Crippen LogP contribution is -2.51. The lowest BCUT2D eigenvalue weighted by molar-refractivity contribution is -0.111. The molecule has 0 aromatic heterocycles. The van der Waals surface area contributed by atoms with E-state index in [9.17, 15) is 4.79 Å². The van der Waals surface area contributed by atoms with Crippen LogP contribution in [0.4, 0.5) is 0 Å². The summed E-state index contributed by atoms with van der Waals surface area (Å²) >= 11 is 0. The highest BCUT2D eigenvalue weighted by Crippen LogP contribution is 2.25. The molecule has 0 aliphatic carbocycles. The SMILES string of the molecule is C/C=C\C=C/CC(CNC1CCN(C)C1)(NC=O)c1ccccc1. The number of likely N-dealkylation sites (N-methyl/N-ethyl adjacent to an activating group) is 1. The number of rotatable bonds is 9. The van der Waals surface area contributed by atoms with E-state index < -0.39 is 5.54 Å². The Balaban J connectivity index is 2.18. The van der Waals surface area contributed by atoms with E-state index in [0.717, 1.165) is 37.9 Å². The van der Waals surface area contributed by atoms with E-state index in [1.165, 1.54) is 0 Å². The van der Waals surface area contributed by atoms with Crippen molar-refractivity contribution in [2.75, 3.05) is 26.7 Å². The molecule has 0 radical (unpaired) electrons. The average Bonchev–Trinajstić information content (AvgIpc) is 3.03. The van der Waals surface area contributed by atoms with Crippen molar-refractivity contribution in [2.24, 2.45) is 0 Å². The predicted molar refractivity (Wildman–Crippen MR) is 99.8 cm³/mol. The lowest BCUT2D eigenvalue weighted by atomic mass is 9.86. The summed E-state index contributed by atoms with van der Waals surface area (Å²) in [4.78, 5) is 13.7. The van der Waals surface area contributed by atoms with Gasteiger partial charge >= 0.3 is 0 Å². The monoisotopic (exact) mass is 327 g/mol. The molecule has 1 heterocycles. The van der Waals surface area contributed by atoms with Gasteiger partial charge in [0.05, 0.1) is 5.54 Å². The highest BCUT2D eigenvalue weighted by Gasteiger charge is 2.32. The van der Waals surface area contributed by atoms with Gasteiger partial charge in [0.1, 0.15) is 0 Å². The Morgan fingerprint density at radius 1 is 1.29 bits per heavy atom. The van der Waals surface area contributed by atoms with Gasteiger partial charge in [-0.15, -0.1) is 0 Å². The van der Waals surface area contributed by atoms with Crippen LogP contribution in [0.25, 0.3) is 0 Å². The van der Waals surface area contributed by atoms with Crippen LogP contribution in [0.15, 0.2) is 54.6 Å². The summed E-state index contributed by atoms with van der Waals surface area (Å²) in [5.74, 6) is 0. The third-order valence-corrected chi connectivity index (χ3v) is 4.65. The minimum absolute atomic E-state index is 0.428. The quantitative estimate of drug-likeness (QED) is 0.541. The number of carbonyl (C=O) groups is 1. The first-order chi connectivity index (χ1) is 11.7. The van der Waals surface area contributed by atoms with E-state index in [1.54, 1.807) is 0 Å². The second-order valence-corrected chi connectivity index (χ2v) is 6.50. The second kappa shape index (κ2) is 9.40. The average molecular weight is 327 g/mol. The number of amides is 1. The van der Waals surface area contributed by atoms with E-state index in [0.29, 0.717) is 12.6 Å². The molecule has 0 saturated carbocycles. The maximum Gasteiger partial charge on any atom is 0.207 e. The molecule has 1 fully saturated rings. The molecule has 1 amide bonds. The molecule has 1 aromatic rings. The molecule has 1 saturated heterocycles. The van der Waals surface area contributed by atoms with Gasteiger partial charge in [0.2, 0.25) is 6.41 Å². The summed E-state index contributed by atoms with van der Waals surface area (Å²) in [5.41, 5.74) is 0.698. The number of nitrogens with zero attached hydrogens (tertiary/aromatic N) is 1. The van der Waals surface area contributed by atoms with E-state index in [2.05, 4.69) is 40.8 Å². The van der Waals surface area contributed by atoms with Gasteiger partial charge in [-0.1, -0.05) is 54.6 Å². The summed E-state index contributed by atoms with van der Waals surface area (Å²) in [5, 5.41) is 6.75. The Kier molecular flexibility index (Phi) is 7.22. The number of hydrogen-bond acceptors (Lipinski definition) is 3. The third-order valence-electron chi connectivity index (χ3n) is 4.65. The van der Waals surface area contributed by atoms with Crippen molar-refractivity contribution in [3.63, 3.8) is 0 Å². The van der Waals surface area contributed by atoms with Gasteiger partial charge in [-0.05, 0) is 38.9 Å². The van der Waals surface area contributed by atoms with E-state index >= 15 is 0 Å². The number of carbonyl (C=O) groups excluding carboxylic acids is 1. The van der Waals surface area contributed by atoms with Crippen LogP contribution < -0.4 is 10.6 Å². The van der Waals surface area contributed by atoms with Gasteiger partial charge in [-0.25, -0.2) is 0 Å². The fourth-order valence-electron chi connectivity index (χ4n) is 3.23. The Morgan fingerprint density at radius 3 is 2.71 bits per heavy atom. The van der Waals surface area contributed by atoms with Crippen LogP contribution in [-0.4, -0.2) is 44.0 Å². The van der Waals surface area contributed by atoms with Gasteiger partial charge in [0, 0.05) is 19.1 Å². The maximum absolute atomic E-state index is 11.3. The van der Waals surface area contributed by atoms with Crippen molar-refractivity contribution in [1.82, 2.24) is 15.5 Å². The third kappa shape index (κ3) is 5.05. The fraction of sp³-hybridized carbons (Fsp3) is 0.450. The molecule has 2 N–H and O–H groups in total. The first-order valence-corrected chi connectivity index (χ1v) is 8.67. The van der Waals surface area contributed by atoms with Gasteiger partial charge in [-0.3, -0.25) is 4.79 Å². The fourth-order valence-corrected chi connectivity index (χ4v) is 3.23. The van der Waals surface area contributed by atoms with Crippen molar-refractivity contribution >= 4 is 6.41 Å². The van der Waals surface area contributed by atoms with E-state index in [4.69, 9.17) is 0 Å². The zero-order valence-corrected chi connectivity index (χ0v) is 14.7. The highest BCUT2D eigenvalue weighted by atomic mass is 16.1. The van der Waals surface area contributed by atoms with Crippen molar-refractivity contribution in [3.8, 4) is 0 Å². The zero-order chi connectivity index (χ0) is 17.3. The topological polar surface area (TPSA) is 44.4 Å². The van der Waals surface area contributed by atoms with Crippen LogP contribution in [0.1, 0.15) is 25.3 Å². The lowest BCUT2D eigenvalue weighted by Gasteiger charge is -2.34. The van der Waals surface area contributed by atoms with Crippen molar-refractivity contribution < 1.29 is 4.79 Å². The summed E-state index contributed by atoms with van der Waals surface area (Å²) < 4.78 is 0. The molecule has 4 nitrogen and oxygen atoms in total. The number of benzene rings is 1. The standard InChI is InChI=1S/C20H29N3O/c1-3-4-5-9-13-20(22-17-24,18-10-7-6-8-11-18)16-21-19-12-14-23(2)15-19/h3-11,17,19,21H,12-16H2,1-2H3,(H,22,24)/b4-3-,9-5-. The number of likely N-dealkylation sites (tertiary alicyclic amines) is 1. The summed E-state index contributed by atoms with van der Waals surface area (Å²) in [7, 11) is 2.15. The first-order valence-electron chi connectivity index (χ1n) is 8.67. The van der Waals surface area contributed by atoms with E-state index in [-0.39, 0.29) is 0 Å². The number of hydrogen-bond donors (Lipinski definition) is 2. The van der Waals surface area contributed by atoms with Crippen molar-refractivity contribution in [3.05, 3.63) is 60.2 Å². The highest BCUT2D eigenvalue weighted by molar-refractivity contribution is 5.50. The summed E-state index contributed by atoms with van der Waals surface area (Å²) in [6.45, 7) is 4.89. The molecule has 2 unspecified atom stereocenters. The summed E-state index contributed by atoms with van der Waals surface area (Å²) in [6, 6.07) is 10.7. The van der Waals surface area contributed by atoms with Crippen LogP contribution in [0.2, 0.25) is 0 Å². The smallest absolute Gasteiger partial charge is 0.207 e. The van der Waals surface area contributed by atoms with Gasteiger partial charge < -0.3 is 15.5 Å². The van der Waals surface area contributed by atoms with E-state index in [1.807, 2.05) is 43.4 Å². The molecule has 4 heteroatoms. The minimum Gasteiger partial charge on any atom is -0.348 e. The summed E-state index contributed by atoms with van der Waals surface area (Å²) in [6.07, 6.45) is 10.9. The minimum atomic E-state index is -0.428. The van der Waals surface area contributed by atoms with Crippen molar-refractivity contribution in [2.45, 2.75) is 31.3 Å². The molecule has 2 rings (SSSR count). The Bertz CT molecular complexity index is 555.